The number of aromatic nitrogens is 1. The van der Waals surface area contributed by atoms with Gasteiger partial charge in [0.05, 0.1) is 5.69 Å². The summed E-state index contributed by atoms with van der Waals surface area (Å²) >= 11 is 8.32. The number of thiazole rings is 1. The first-order valence-corrected chi connectivity index (χ1v) is 8.63. The Hall–Kier alpha value is -1.04. The predicted molar refractivity (Wildman–Crippen MR) is 93.1 cm³/mol. The van der Waals surface area contributed by atoms with Crippen LogP contribution >= 0.6 is 43.2 Å². The summed E-state index contributed by atoms with van der Waals surface area (Å²) in [5, 5.41) is 0.825. The van der Waals surface area contributed by atoms with Gasteiger partial charge in [0, 0.05) is 24.9 Å². The molecule has 1 heterocycles. The lowest BCUT2D eigenvalue weighted by Crippen LogP contribution is -1.83. The monoisotopic (exact) mass is 425 g/mol. The van der Waals surface area contributed by atoms with Gasteiger partial charge in [-0.25, -0.2) is 9.37 Å². The van der Waals surface area contributed by atoms with Crippen molar-refractivity contribution in [2.45, 2.75) is 6.92 Å². The highest BCUT2D eigenvalue weighted by molar-refractivity contribution is 9.10. The molecule has 106 valence electrons. The SMILES string of the molecule is Cc1sc(-c2cc(F)cc(Br)c2)nc1-c1ccc(Br)cc1. The van der Waals surface area contributed by atoms with Crippen LogP contribution in [0.5, 0.6) is 0 Å². The Labute approximate surface area is 143 Å². The van der Waals surface area contributed by atoms with Crippen molar-refractivity contribution in [1.29, 1.82) is 0 Å². The van der Waals surface area contributed by atoms with E-state index in [0.29, 0.717) is 0 Å². The van der Waals surface area contributed by atoms with E-state index in [9.17, 15) is 4.39 Å². The second-order valence-corrected chi connectivity index (χ2v) is 7.62. The lowest BCUT2D eigenvalue weighted by molar-refractivity contribution is 0.627. The molecule has 1 aromatic heterocycles. The molecular formula is C16H10Br2FNS. The fourth-order valence-electron chi connectivity index (χ4n) is 2.07. The number of aryl methyl sites for hydroxylation is 1. The molecule has 3 aromatic rings. The summed E-state index contributed by atoms with van der Waals surface area (Å²) in [6, 6.07) is 12.9. The van der Waals surface area contributed by atoms with Gasteiger partial charge in [0.25, 0.3) is 0 Å². The predicted octanol–water partition coefficient (Wildman–Crippen LogP) is 6.45. The van der Waals surface area contributed by atoms with E-state index in [2.05, 4.69) is 36.8 Å². The first kappa shape index (κ1) is 14.9. The van der Waals surface area contributed by atoms with Gasteiger partial charge < -0.3 is 0 Å². The molecule has 0 saturated carbocycles. The minimum atomic E-state index is -0.266. The smallest absolute Gasteiger partial charge is 0.125 e. The van der Waals surface area contributed by atoms with Gasteiger partial charge in [0.1, 0.15) is 10.8 Å². The minimum absolute atomic E-state index is 0.266. The molecule has 0 aliphatic heterocycles. The van der Waals surface area contributed by atoms with Crippen molar-refractivity contribution < 1.29 is 4.39 Å². The van der Waals surface area contributed by atoms with E-state index in [0.717, 1.165) is 35.7 Å². The highest BCUT2D eigenvalue weighted by atomic mass is 79.9. The van der Waals surface area contributed by atoms with Gasteiger partial charge in [-0.2, -0.15) is 0 Å². The Balaban J connectivity index is 2.07. The molecule has 0 aliphatic carbocycles. The Morgan fingerprint density at radius 2 is 1.67 bits per heavy atom. The van der Waals surface area contributed by atoms with Crippen LogP contribution in [0.2, 0.25) is 0 Å². The van der Waals surface area contributed by atoms with E-state index in [4.69, 9.17) is 0 Å². The van der Waals surface area contributed by atoms with E-state index in [-0.39, 0.29) is 5.82 Å². The van der Waals surface area contributed by atoms with E-state index < -0.39 is 0 Å². The highest BCUT2D eigenvalue weighted by Gasteiger charge is 2.12. The molecule has 0 unspecified atom stereocenters. The first-order chi connectivity index (χ1) is 10.0. The van der Waals surface area contributed by atoms with Gasteiger partial charge in [-0.3, -0.25) is 0 Å². The molecule has 1 nitrogen and oxygen atoms in total. The van der Waals surface area contributed by atoms with E-state index in [1.165, 1.54) is 12.1 Å². The Morgan fingerprint density at radius 1 is 0.952 bits per heavy atom. The second kappa shape index (κ2) is 5.99. The van der Waals surface area contributed by atoms with Crippen LogP contribution in [0, 0.1) is 12.7 Å². The number of halogens is 3. The van der Waals surface area contributed by atoms with Gasteiger partial charge in [-0.1, -0.05) is 44.0 Å². The average molecular weight is 427 g/mol. The van der Waals surface area contributed by atoms with Crippen molar-refractivity contribution in [2.75, 3.05) is 0 Å². The van der Waals surface area contributed by atoms with Crippen LogP contribution in [-0.4, -0.2) is 4.98 Å². The molecule has 0 amide bonds. The van der Waals surface area contributed by atoms with Crippen LogP contribution in [0.15, 0.2) is 51.4 Å². The molecular weight excluding hydrogens is 417 g/mol. The molecule has 2 aromatic carbocycles. The number of hydrogen-bond acceptors (Lipinski definition) is 2. The number of nitrogens with zero attached hydrogens (tertiary/aromatic N) is 1. The maximum absolute atomic E-state index is 13.5. The summed E-state index contributed by atoms with van der Waals surface area (Å²) in [7, 11) is 0. The van der Waals surface area contributed by atoms with Crippen LogP contribution in [0.1, 0.15) is 4.88 Å². The standard InChI is InChI=1S/C16H10Br2FNS/c1-9-15(10-2-4-12(17)5-3-10)20-16(21-9)11-6-13(18)8-14(19)7-11/h2-8H,1H3. The van der Waals surface area contributed by atoms with Crippen LogP contribution in [0.3, 0.4) is 0 Å². The van der Waals surface area contributed by atoms with Crippen molar-refractivity contribution >= 4 is 43.2 Å². The number of hydrogen-bond donors (Lipinski definition) is 0. The van der Waals surface area contributed by atoms with Crippen molar-refractivity contribution in [3.05, 3.63) is 62.1 Å². The average Bonchev–Trinajstić information content (AvgIpc) is 2.81. The van der Waals surface area contributed by atoms with E-state index >= 15 is 0 Å². The molecule has 0 bridgehead atoms. The lowest BCUT2D eigenvalue weighted by Gasteiger charge is -1.99. The Morgan fingerprint density at radius 3 is 2.33 bits per heavy atom. The molecule has 0 saturated heterocycles. The van der Waals surface area contributed by atoms with E-state index in [1.807, 2.05) is 37.3 Å². The third kappa shape index (κ3) is 3.25. The second-order valence-electron chi connectivity index (χ2n) is 4.59. The topological polar surface area (TPSA) is 12.9 Å². The van der Waals surface area contributed by atoms with Gasteiger partial charge in [-0.15, -0.1) is 11.3 Å². The van der Waals surface area contributed by atoms with Gasteiger partial charge in [-0.05, 0) is 37.3 Å². The molecule has 0 aliphatic rings. The fourth-order valence-corrected chi connectivity index (χ4v) is 3.73. The minimum Gasteiger partial charge on any atom is -0.236 e. The molecule has 0 radical (unpaired) electrons. The molecule has 0 N–H and O–H groups in total. The third-order valence-corrected chi connectivity index (χ3v) is 5.03. The summed E-state index contributed by atoms with van der Waals surface area (Å²) in [6.45, 7) is 2.03. The highest BCUT2D eigenvalue weighted by Crippen LogP contribution is 2.34. The van der Waals surface area contributed by atoms with E-state index in [1.54, 1.807) is 11.3 Å². The van der Waals surface area contributed by atoms with Crippen molar-refractivity contribution in [3.8, 4) is 21.8 Å². The molecule has 0 atom stereocenters. The van der Waals surface area contributed by atoms with Crippen molar-refractivity contribution in [2.24, 2.45) is 0 Å². The van der Waals surface area contributed by atoms with Crippen LogP contribution in [0.25, 0.3) is 21.8 Å². The molecule has 0 spiro atoms. The third-order valence-electron chi connectivity index (χ3n) is 3.02. The summed E-state index contributed by atoms with van der Waals surface area (Å²) in [5.41, 5.74) is 2.80. The molecule has 0 fully saturated rings. The quantitative estimate of drug-likeness (QED) is 0.458. The Bertz CT molecular complexity index is 776. The summed E-state index contributed by atoms with van der Waals surface area (Å²) in [4.78, 5) is 5.80. The fraction of sp³-hybridized carbons (Fsp3) is 0.0625. The number of rotatable bonds is 2. The van der Waals surface area contributed by atoms with Crippen molar-refractivity contribution in [1.82, 2.24) is 4.98 Å². The van der Waals surface area contributed by atoms with Gasteiger partial charge in [0.2, 0.25) is 0 Å². The van der Waals surface area contributed by atoms with Gasteiger partial charge in [0.15, 0.2) is 0 Å². The normalized spacial score (nSPS) is 10.9. The van der Waals surface area contributed by atoms with Crippen molar-refractivity contribution in [3.63, 3.8) is 0 Å². The lowest BCUT2D eigenvalue weighted by atomic mass is 10.1. The van der Waals surface area contributed by atoms with Gasteiger partial charge >= 0.3 is 0 Å². The zero-order valence-corrected chi connectivity index (χ0v) is 15.0. The van der Waals surface area contributed by atoms with Crippen LogP contribution in [-0.2, 0) is 0 Å². The zero-order chi connectivity index (χ0) is 15.0. The maximum atomic E-state index is 13.5. The largest absolute Gasteiger partial charge is 0.236 e. The zero-order valence-electron chi connectivity index (χ0n) is 11.0. The maximum Gasteiger partial charge on any atom is 0.125 e. The molecule has 21 heavy (non-hydrogen) atoms. The van der Waals surface area contributed by atoms with Crippen LogP contribution in [0.4, 0.5) is 4.39 Å². The molecule has 3 rings (SSSR count). The number of benzene rings is 2. The first-order valence-electron chi connectivity index (χ1n) is 6.23. The summed E-state index contributed by atoms with van der Waals surface area (Å²) in [6.07, 6.45) is 0. The van der Waals surface area contributed by atoms with Crippen LogP contribution < -0.4 is 0 Å². The molecule has 5 heteroatoms. The summed E-state index contributed by atoms with van der Waals surface area (Å²) < 4.78 is 15.3. The Kier molecular flexibility index (Phi) is 4.24. The summed E-state index contributed by atoms with van der Waals surface area (Å²) in [5.74, 6) is -0.266.